The number of benzene rings is 2. The van der Waals surface area contributed by atoms with Crippen LogP contribution in [0, 0.1) is 12.8 Å². The van der Waals surface area contributed by atoms with Crippen molar-refractivity contribution in [1.29, 1.82) is 0 Å². The predicted molar refractivity (Wildman–Crippen MR) is 104 cm³/mol. The Hall–Kier alpha value is -2.86. The maximum Gasteiger partial charge on any atom is 0.279 e. The lowest BCUT2D eigenvalue weighted by molar-refractivity contribution is -0.899. The third kappa shape index (κ3) is 5.56. The highest BCUT2D eigenvalue weighted by Gasteiger charge is 2.28. The van der Waals surface area contributed by atoms with Crippen LogP contribution < -0.4 is 20.7 Å². The number of likely N-dealkylation sites (tertiary alicyclic amines) is 1. The Morgan fingerprint density at radius 3 is 2.37 bits per heavy atom. The van der Waals surface area contributed by atoms with Crippen molar-refractivity contribution < 1.29 is 19.2 Å². The molecule has 6 heteroatoms. The zero-order valence-electron chi connectivity index (χ0n) is 15.5. The number of piperidine rings is 1. The molecule has 0 aromatic heterocycles. The van der Waals surface area contributed by atoms with Crippen LogP contribution >= 0.6 is 0 Å². The number of quaternary nitrogens is 1. The molecule has 0 radical (unpaired) electrons. The summed E-state index contributed by atoms with van der Waals surface area (Å²) in [4.78, 5) is 24.7. The summed E-state index contributed by atoms with van der Waals surface area (Å²) in [6.07, 6.45) is 1.74. The van der Waals surface area contributed by atoms with Gasteiger partial charge in [0.2, 0.25) is 5.91 Å². The van der Waals surface area contributed by atoms with Gasteiger partial charge in [-0.25, -0.2) is 0 Å². The molecule has 142 valence electrons. The van der Waals surface area contributed by atoms with E-state index in [9.17, 15) is 9.59 Å². The average molecular weight is 368 g/mol. The van der Waals surface area contributed by atoms with Gasteiger partial charge in [0.05, 0.1) is 19.0 Å². The number of aryl methyl sites for hydroxylation is 1. The van der Waals surface area contributed by atoms with Gasteiger partial charge in [0.25, 0.3) is 5.91 Å². The summed E-state index contributed by atoms with van der Waals surface area (Å²) in [7, 11) is 0. The number of carbonyl (C=O) groups excluding carboxylic acids is 2. The molecular weight excluding hydrogens is 342 g/mol. The van der Waals surface area contributed by atoms with Crippen molar-refractivity contribution >= 4 is 17.5 Å². The van der Waals surface area contributed by atoms with E-state index in [1.165, 1.54) is 5.56 Å². The molecule has 3 rings (SSSR count). The van der Waals surface area contributed by atoms with Gasteiger partial charge >= 0.3 is 0 Å². The molecular formula is C21H26N3O3+. The maximum absolute atomic E-state index is 12.3. The van der Waals surface area contributed by atoms with Gasteiger partial charge in [0.1, 0.15) is 11.5 Å². The van der Waals surface area contributed by atoms with Crippen molar-refractivity contribution in [2.75, 3.05) is 25.0 Å². The highest BCUT2D eigenvalue weighted by molar-refractivity contribution is 5.91. The Bertz CT molecular complexity index is 787. The molecule has 1 unspecified atom stereocenters. The van der Waals surface area contributed by atoms with Crippen molar-refractivity contribution in [3.05, 3.63) is 54.1 Å². The quantitative estimate of drug-likeness (QED) is 0.722. The number of nitrogens with two attached hydrogens (primary N) is 1. The maximum atomic E-state index is 12.3. The second kappa shape index (κ2) is 8.68. The van der Waals surface area contributed by atoms with Crippen LogP contribution in [0.15, 0.2) is 48.5 Å². The number of carbonyl (C=O) groups is 2. The minimum absolute atomic E-state index is 0.0673. The first-order chi connectivity index (χ1) is 13.0. The lowest BCUT2D eigenvalue weighted by atomic mass is 9.97. The van der Waals surface area contributed by atoms with Gasteiger partial charge in [-0.05, 0) is 56.2 Å². The van der Waals surface area contributed by atoms with Crippen LogP contribution in [0.1, 0.15) is 18.4 Å². The molecule has 1 aliphatic heterocycles. The van der Waals surface area contributed by atoms with Crippen LogP contribution in [0.4, 0.5) is 5.69 Å². The fourth-order valence-electron chi connectivity index (χ4n) is 3.34. The average Bonchev–Trinajstić information content (AvgIpc) is 2.65. The Balaban J connectivity index is 1.51. The molecule has 1 fully saturated rings. The zero-order valence-corrected chi connectivity index (χ0v) is 15.5. The van der Waals surface area contributed by atoms with E-state index in [1.807, 2.05) is 55.5 Å². The van der Waals surface area contributed by atoms with Crippen molar-refractivity contribution in [3.63, 3.8) is 0 Å². The first-order valence-corrected chi connectivity index (χ1v) is 9.27. The molecule has 0 aliphatic carbocycles. The van der Waals surface area contributed by atoms with Crippen LogP contribution in [-0.2, 0) is 9.59 Å². The van der Waals surface area contributed by atoms with Gasteiger partial charge in [0.15, 0.2) is 6.54 Å². The molecule has 2 aromatic carbocycles. The molecule has 2 atom stereocenters. The van der Waals surface area contributed by atoms with Crippen molar-refractivity contribution in [3.8, 4) is 11.5 Å². The van der Waals surface area contributed by atoms with Gasteiger partial charge in [-0.15, -0.1) is 0 Å². The SMILES string of the molecule is Cc1ccc(Oc2ccc(NC(=O)C[NH+]3CCC[C@H](C(N)=O)C3)cc2)cc1. The number of ether oxygens (including phenoxy) is 1. The topological polar surface area (TPSA) is 85.9 Å². The number of nitrogens with one attached hydrogen (secondary N) is 2. The monoisotopic (exact) mass is 368 g/mol. The molecule has 0 bridgehead atoms. The van der Waals surface area contributed by atoms with E-state index in [0.29, 0.717) is 18.8 Å². The number of amides is 2. The first kappa shape index (κ1) is 18.9. The third-order valence-corrected chi connectivity index (χ3v) is 4.83. The Morgan fingerprint density at radius 2 is 1.74 bits per heavy atom. The van der Waals surface area contributed by atoms with Crippen molar-refractivity contribution in [2.24, 2.45) is 11.7 Å². The summed E-state index contributed by atoms with van der Waals surface area (Å²) in [6, 6.07) is 15.1. The van der Waals surface area contributed by atoms with E-state index < -0.39 is 0 Å². The lowest BCUT2D eigenvalue weighted by Gasteiger charge is -2.27. The van der Waals surface area contributed by atoms with E-state index in [1.54, 1.807) is 0 Å². The zero-order chi connectivity index (χ0) is 19.2. The molecule has 0 saturated carbocycles. The molecule has 1 aliphatic rings. The minimum Gasteiger partial charge on any atom is -0.457 e. The van der Waals surface area contributed by atoms with Gasteiger partial charge < -0.3 is 20.7 Å². The first-order valence-electron chi connectivity index (χ1n) is 9.27. The van der Waals surface area contributed by atoms with Crippen molar-refractivity contribution in [1.82, 2.24) is 0 Å². The molecule has 27 heavy (non-hydrogen) atoms. The normalized spacial score (nSPS) is 19.3. The highest BCUT2D eigenvalue weighted by atomic mass is 16.5. The number of rotatable bonds is 6. The molecule has 0 spiro atoms. The van der Waals surface area contributed by atoms with Crippen LogP contribution in [0.25, 0.3) is 0 Å². The summed E-state index contributed by atoms with van der Waals surface area (Å²) in [5.41, 5.74) is 7.30. The summed E-state index contributed by atoms with van der Waals surface area (Å²) < 4.78 is 5.79. The van der Waals surface area contributed by atoms with Gasteiger partial charge in [0, 0.05) is 5.69 Å². The fourth-order valence-corrected chi connectivity index (χ4v) is 3.34. The largest absolute Gasteiger partial charge is 0.457 e. The van der Waals surface area contributed by atoms with Crippen molar-refractivity contribution in [2.45, 2.75) is 19.8 Å². The molecule has 6 nitrogen and oxygen atoms in total. The van der Waals surface area contributed by atoms with Gasteiger partial charge in [-0.1, -0.05) is 17.7 Å². The lowest BCUT2D eigenvalue weighted by Crippen LogP contribution is -3.14. The molecule has 1 saturated heterocycles. The summed E-state index contributed by atoms with van der Waals surface area (Å²) >= 11 is 0. The van der Waals surface area contributed by atoms with E-state index >= 15 is 0 Å². The van der Waals surface area contributed by atoms with E-state index in [0.717, 1.165) is 35.7 Å². The van der Waals surface area contributed by atoms with E-state index in [-0.39, 0.29) is 17.7 Å². The standard InChI is InChI=1S/C21H25N3O3/c1-15-4-8-18(9-5-15)27-19-10-6-17(7-11-19)23-20(25)14-24-12-2-3-16(13-24)21(22)26/h4-11,16H,2-3,12-14H2,1H3,(H2,22,26)(H,23,25)/p+1/t16-/m0/s1. The Labute approximate surface area is 159 Å². The van der Waals surface area contributed by atoms with E-state index in [2.05, 4.69) is 5.32 Å². The highest BCUT2D eigenvalue weighted by Crippen LogP contribution is 2.23. The molecule has 2 amide bonds. The smallest absolute Gasteiger partial charge is 0.279 e. The summed E-state index contributed by atoms with van der Waals surface area (Å²) in [5.74, 6) is 1.02. The summed E-state index contributed by atoms with van der Waals surface area (Å²) in [5, 5.41) is 2.90. The minimum atomic E-state index is -0.267. The van der Waals surface area contributed by atoms with Crippen LogP contribution in [0.3, 0.4) is 0 Å². The van der Waals surface area contributed by atoms with Crippen LogP contribution in [-0.4, -0.2) is 31.4 Å². The number of hydrogen-bond acceptors (Lipinski definition) is 3. The van der Waals surface area contributed by atoms with Crippen LogP contribution in [0.5, 0.6) is 11.5 Å². The molecule has 1 heterocycles. The fraction of sp³-hybridized carbons (Fsp3) is 0.333. The number of anilines is 1. The Kier molecular flexibility index (Phi) is 6.08. The third-order valence-electron chi connectivity index (χ3n) is 4.83. The Morgan fingerprint density at radius 1 is 1.11 bits per heavy atom. The molecule has 4 N–H and O–H groups in total. The van der Waals surface area contributed by atoms with Crippen LogP contribution in [0.2, 0.25) is 0 Å². The number of hydrogen-bond donors (Lipinski definition) is 3. The second-order valence-corrected chi connectivity index (χ2v) is 7.11. The summed E-state index contributed by atoms with van der Waals surface area (Å²) in [6.45, 7) is 3.89. The predicted octanol–water partition coefficient (Wildman–Crippen LogP) is 1.51. The van der Waals surface area contributed by atoms with E-state index in [4.69, 9.17) is 10.5 Å². The van der Waals surface area contributed by atoms with Gasteiger partial charge in [-0.3, -0.25) is 9.59 Å². The second-order valence-electron chi connectivity index (χ2n) is 7.11. The van der Waals surface area contributed by atoms with Gasteiger partial charge in [-0.2, -0.15) is 0 Å². The molecule has 2 aromatic rings. The number of primary amides is 1.